The second kappa shape index (κ2) is 9.65. The maximum absolute atomic E-state index is 3.74. The molecule has 0 aliphatic carbocycles. The minimum atomic E-state index is 1.08. The molecule has 0 saturated heterocycles. The Morgan fingerprint density at radius 2 is 1.02 bits per heavy atom. The smallest absolute Gasteiger partial charge is 0.0635 e. The van der Waals surface area contributed by atoms with Crippen LogP contribution in [0, 0.1) is 0 Å². The van der Waals surface area contributed by atoms with Crippen molar-refractivity contribution in [2.45, 2.75) is 0 Å². The Morgan fingerprint density at radius 1 is 0.415 bits per heavy atom. The van der Waals surface area contributed by atoms with Crippen LogP contribution < -0.4 is 0 Å². The van der Waals surface area contributed by atoms with Gasteiger partial charge in [0.25, 0.3) is 0 Å². The molecule has 0 fully saturated rings. The highest BCUT2D eigenvalue weighted by Crippen LogP contribution is 2.40. The van der Waals surface area contributed by atoms with E-state index in [1.165, 1.54) is 55.0 Å². The molecule has 0 unspecified atom stereocenters. The van der Waals surface area contributed by atoms with Gasteiger partial charge in [0.1, 0.15) is 0 Å². The summed E-state index contributed by atoms with van der Waals surface area (Å²) in [7, 11) is 0. The number of halogens is 1. The average Bonchev–Trinajstić information content (AvgIpc) is 3.61. The van der Waals surface area contributed by atoms with E-state index in [1.54, 1.807) is 0 Å². The fourth-order valence-electron chi connectivity index (χ4n) is 6.12. The molecule has 8 rings (SSSR count). The van der Waals surface area contributed by atoms with Crippen LogP contribution in [0.4, 0.5) is 0 Å². The van der Waals surface area contributed by atoms with Gasteiger partial charge >= 0.3 is 0 Å². The second-order valence-electron chi connectivity index (χ2n) is 10.4. The van der Waals surface area contributed by atoms with Gasteiger partial charge in [-0.2, -0.15) is 0 Å². The summed E-state index contributed by atoms with van der Waals surface area (Å²) in [4.78, 5) is 0. The van der Waals surface area contributed by atoms with Gasteiger partial charge < -0.3 is 9.13 Å². The van der Waals surface area contributed by atoms with E-state index >= 15 is 0 Å². The van der Waals surface area contributed by atoms with Crippen molar-refractivity contribution in [2.24, 2.45) is 0 Å². The van der Waals surface area contributed by atoms with Crippen molar-refractivity contribution < 1.29 is 0 Å². The zero-order valence-electron chi connectivity index (χ0n) is 22.2. The molecule has 0 bridgehead atoms. The molecule has 0 atom stereocenters. The van der Waals surface area contributed by atoms with E-state index in [4.69, 9.17) is 0 Å². The van der Waals surface area contributed by atoms with Crippen LogP contribution in [0.3, 0.4) is 0 Å². The SMILES string of the molecule is Brc1ccc2c(c1)c1ccc3c(ccn3-c3ccccc3)c1n2-c1cc(-c2ccccc2)cc(-c2ccccc2)c1. The molecule has 2 aromatic heterocycles. The zero-order chi connectivity index (χ0) is 27.3. The Bertz CT molecular complexity index is 2130. The molecule has 2 heterocycles. The van der Waals surface area contributed by atoms with Crippen LogP contribution in [-0.2, 0) is 0 Å². The summed E-state index contributed by atoms with van der Waals surface area (Å²) in [6.07, 6.45) is 2.19. The van der Waals surface area contributed by atoms with Crippen LogP contribution in [0.1, 0.15) is 0 Å². The summed E-state index contributed by atoms with van der Waals surface area (Å²) in [5, 5.41) is 3.70. The molecule has 3 heteroatoms. The van der Waals surface area contributed by atoms with Crippen molar-refractivity contribution in [1.82, 2.24) is 9.13 Å². The number of benzene rings is 6. The Hall–Kier alpha value is -4.86. The highest BCUT2D eigenvalue weighted by molar-refractivity contribution is 9.10. The first-order valence-corrected chi connectivity index (χ1v) is 14.6. The van der Waals surface area contributed by atoms with E-state index in [1.807, 2.05) is 0 Å². The lowest BCUT2D eigenvalue weighted by Crippen LogP contribution is -1.97. The summed E-state index contributed by atoms with van der Waals surface area (Å²) >= 11 is 3.74. The lowest BCUT2D eigenvalue weighted by molar-refractivity contribution is 1.13. The Kier molecular flexibility index (Phi) is 5.65. The van der Waals surface area contributed by atoms with Crippen LogP contribution in [0.5, 0.6) is 0 Å². The third-order valence-corrected chi connectivity index (χ3v) is 8.47. The number of rotatable bonds is 4. The minimum absolute atomic E-state index is 1.08. The maximum Gasteiger partial charge on any atom is 0.0635 e. The fourth-order valence-corrected chi connectivity index (χ4v) is 6.48. The molecular formula is C38H25BrN2. The predicted molar refractivity (Wildman–Crippen MR) is 176 cm³/mol. The number of hydrogen-bond acceptors (Lipinski definition) is 0. The van der Waals surface area contributed by atoms with Crippen LogP contribution in [0.2, 0.25) is 0 Å². The van der Waals surface area contributed by atoms with Crippen molar-refractivity contribution in [1.29, 1.82) is 0 Å². The van der Waals surface area contributed by atoms with Crippen LogP contribution in [-0.4, -0.2) is 9.13 Å². The number of nitrogens with zero attached hydrogens (tertiary/aromatic N) is 2. The van der Waals surface area contributed by atoms with Gasteiger partial charge in [0, 0.05) is 38.2 Å². The summed E-state index contributed by atoms with van der Waals surface area (Å²) < 4.78 is 5.81. The van der Waals surface area contributed by atoms with Crippen LogP contribution >= 0.6 is 15.9 Å². The van der Waals surface area contributed by atoms with E-state index in [9.17, 15) is 0 Å². The van der Waals surface area contributed by atoms with Crippen molar-refractivity contribution in [2.75, 3.05) is 0 Å². The molecule has 0 N–H and O–H groups in total. The highest BCUT2D eigenvalue weighted by atomic mass is 79.9. The minimum Gasteiger partial charge on any atom is -0.316 e. The van der Waals surface area contributed by atoms with Crippen molar-refractivity contribution >= 4 is 48.6 Å². The molecule has 8 aromatic rings. The van der Waals surface area contributed by atoms with E-state index in [2.05, 4.69) is 177 Å². The molecule has 0 amide bonds. The number of para-hydroxylation sites is 1. The zero-order valence-corrected chi connectivity index (χ0v) is 23.8. The van der Waals surface area contributed by atoms with Gasteiger partial charge in [-0.1, -0.05) is 101 Å². The molecule has 0 spiro atoms. The molecule has 6 aromatic carbocycles. The van der Waals surface area contributed by atoms with Gasteiger partial charge in [0.05, 0.1) is 16.6 Å². The standard InChI is InChI=1S/C38H25BrN2/c39-30-16-18-37-35(25-30)33-17-19-36-34(20-21-40(36)31-14-8-3-9-15-31)38(33)41(37)32-23-28(26-10-4-1-5-11-26)22-29(24-32)27-12-6-2-7-13-27/h1-25H. The van der Waals surface area contributed by atoms with Crippen LogP contribution in [0.15, 0.2) is 156 Å². The van der Waals surface area contributed by atoms with E-state index in [-0.39, 0.29) is 0 Å². The second-order valence-corrected chi connectivity index (χ2v) is 11.3. The Labute approximate surface area is 246 Å². The first kappa shape index (κ1) is 24.0. The molecule has 2 nitrogen and oxygen atoms in total. The molecule has 194 valence electrons. The first-order valence-electron chi connectivity index (χ1n) is 13.8. The lowest BCUT2D eigenvalue weighted by atomic mass is 9.98. The van der Waals surface area contributed by atoms with E-state index in [0.717, 1.165) is 15.8 Å². The van der Waals surface area contributed by atoms with Crippen molar-refractivity contribution in [3.05, 3.63) is 156 Å². The highest BCUT2D eigenvalue weighted by Gasteiger charge is 2.18. The number of hydrogen-bond donors (Lipinski definition) is 0. The van der Waals surface area contributed by atoms with Gasteiger partial charge in [-0.15, -0.1) is 0 Å². The molecular weight excluding hydrogens is 564 g/mol. The van der Waals surface area contributed by atoms with Crippen molar-refractivity contribution in [3.63, 3.8) is 0 Å². The van der Waals surface area contributed by atoms with E-state index in [0.29, 0.717) is 0 Å². The third-order valence-electron chi connectivity index (χ3n) is 7.98. The normalized spacial score (nSPS) is 11.5. The lowest BCUT2D eigenvalue weighted by Gasteiger charge is -2.14. The van der Waals surface area contributed by atoms with Gasteiger partial charge in [0.2, 0.25) is 0 Å². The van der Waals surface area contributed by atoms with Gasteiger partial charge in [-0.3, -0.25) is 0 Å². The summed E-state index contributed by atoms with van der Waals surface area (Å²) in [5.41, 5.74) is 10.7. The molecule has 0 radical (unpaired) electrons. The van der Waals surface area contributed by atoms with E-state index < -0.39 is 0 Å². The molecule has 0 aliphatic heterocycles. The van der Waals surface area contributed by atoms with Crippen molar-refractivity contribution in [3.8, 4) is 33.6 Å². The van der Waals surface area contributed by atoms with Gasteiger partial charge in [-0.25, -0.2) is 0 Å². The summed E-state index contributed by atoms with van der Waals surface area (Å²) in [6, 6.07) is 52.3. The molecule has 41 heavy (non-hydrogen) atoms. The third kappa shape index (κ3) is 4.01. The fraction of sp³-hybridized carbons (Fsp3) is 0. The topological polar surface area (TPSA) is 9.86 Å². The van der Waals surface area contributed by atoms with Crippen LogP contribution in [0.25, 0.3) is 66.3 Å². The Balaban J connectivity index is 1.49. The number of aromatic nitrogens is 2. The monoisotopic (exact) mass is 588 g/mol. The van der Waals surface area contributed by atoms with Gasteiger partial charge in [-0.05, 0) is 82.9 Å². The average molecular weight is 590 g/mol. The molecule has 0 saturated carbocycles. The predicted octanol–water partition coefficient (Wildman–Crippen LogP) is 10.8. The first-order chi connectivity index (χ1) is 20.2. The maximum atomic E-state index is 3.74. The largest absolute Gasteiger partial charge is 0.316 e. The van der Waals surface area contributed by atoms with Gasteiger partial charge in [0.15, 0.2) is 0 Å². The molecule has 0 aliphatic rings. The quantitative estimate of drug-likeness (QED) is 0.193. The summed E-state index contributed by atoms with van der Waals surface area (Å²) in [6.45, 7) is 0. The number of fused-ring (bicyclic) bond motifs is 5. The Morgan fingerprint density at radius 3 is 1.68 bits per heavy atom. The summed E-state index contributed by atoms with van der Waals surface area (Å²) in [5.74, 6) is 0.